The molecule has 2 amide bonds. The lowest BCUT2D eigenvalue weighted by molar-refractivity contribution is -0.117. The number of carbonyl (C=O) groups excluding carboxylic acids is 2. The minimum atomic E-state index is -1.62. The van der Waals surface area contributed by atoms with E-state index < -0.39 is 53.9 Å². The minimum Gasteiger partial charge on any atom is -0.504 e. The average molecular weight is 568 g/mol. The van der Waals surface area contributed by atoms with Crippen molar-refractivity contribution < 1.29 is 39.5 Å². The minimum absolute atomic E-state index is 0.0236. The molecule has 0 aromatic heterocycles. The smallest absolute Gasteiger partial charge is 0.255 e. The van der Waals surface area contributed by atoms with Gasteiger partial charge in [0.2, 0.25) is 12.5 Å². The lowest BCUT2D eigenvalue weighted by Gasteiger charge is -2.49. The van der Waals surface area contributed by atoms with Crippen LogP contribution in [0.2, 0.25) is 0 Å². The summed E-state index contributed by atoms with van der Waals surface area (Å²) in [5.41, 5.74) is 1.47. The van der Waals surface area contributed by atoms with Crippen LogP contribution in [0.5, 0.6) is 17.2 Å². The van der Waals surface area contributed by atoms with Crippen molar-refractivity contribution in [2.45, 2.75) is 40.7 Å². The highest BCUT2D eigenvalue weighted by molar-refractivity contribution is 14.1. The van der Waals surface area contributed by atoms with Crippen LogP contribution in [0.1, 0.15) is 37.8 Å². The number of benzene rings is 2. The number of nitrogens with one attached hydrogen (secondary N) is 2. The number of phenols is 1. The van der Waals surface area contributed by atoms with Crippen LogP contribution >= 0.6 is 22.6 Å². The van der Waals surface area contributed by atoms with Crippen molar-refractivity contribution in [1.29, 1.82) is 0 Å². The SMILES string of the molecule is O=C(N[C@H]1[C@H](O)[C@@H](O)[C@@H](O)[C@@H]2NC(=O)c3c(cc4c(c3O)OCO4)[C@@H]12)c1cccc(CI)c1. The molecule has 1 saturated carbocycles. The fraction of sp³-hybridized carbons (Fsp3) is 0.364. The Bertz CT molecular complexity index is 1140. The Balaban J connectivity index is 1.58. The summed E-state index contributed by atoms with van der Waals surface area (Å²) >= 11 is 2.18. The zero-order valence-electron chi connectivity index (χ0n) is 17.1. The number of hydrogen-bond donors (Lipinski definition) is 6. The number of aliphatic hydroxyl groups excluding tert-OH is 3. The van der Waals surface area contributed by atoms with E-state index in [1.165, 1.54) is 6.07 Å². The molecule has 0 radical (unpaired) electrons. The second-order valence-corrected chi connectivity index (χ2v) is 9.02. The first-order valence-corrected chi connectivity index (χ1v) is 11.8. The van der Waals surface area contributed by atoms with Crippen molar-refractivity contribution in [2.75, 3.05) is 6.79 Å². The molecular weight excluding hydrogens is 547 g/mol. The van der Waals surface area contributed by atoms with Crippen LogP contribution in [-0.4, -0.2) is 69.4 Å². The highest BCUT2D eigenvalue weighted by Gasteiger charge is 2.54. The maximum absolute atomic E-state index is 13.1. The molecule has 0 unspecified atom stereocenters. The molecule has 6 atom stereocenters. The molecule has 6 N–H and O–H groups in total. The standard InChI is InChI=1S/C22H21IN2O8/c23-6-8-2-1-3-9(4-8)21(30)24-14-12-10-5-11-20(33-7-32-11)16(26)13(10)22(31)25-15(12)18(28)19(29)17(14)27/h1-5,12,14-15,17-19,26-29H,6-7H2,(H,24,30)(H,25,31)/t12-,14+,15+,17-,18-,19+/m0/s1. The molecule has 33 heavy (non-hydrogen) atoms. The van der Waals surface area contributed by atoms with Crippen LogP contribution < -0.4 is 20.1 Å². The summed E-state index contributed by atoms with van der Waals surface area (Å²) in [6.45, 7) is -0.140. The molecule has 1 fully saturated rings. The number of hydrogen-bond acceptors (Lipinski definition) is 8. The zero-order valence-corrected chi connectivity index (χ0v) is 19.2. The monoisotopic (exact) mass is 568 g/mol. The Morgan fingerprint density at radius 3 is 2.70 bits per heavy atom. The van der Waals surface area contributed by atoms with Gasteiger partial charge in [0.15, 0.2) is 11.5 Å². The lowest BCUT2D eigenvalue weighted by atomic mass is 9.68. The largest absolute Gasteiger partial charge is 0.504 e. The van der Waals surface area contributed by atoms with Crippen molar-refractivity contribution in [2.24, 2.45) is 0 Å². The van der Waals surface area contributed by atoms with Crippen LogP contribution in [0.15, 0.2) is 30.3 Å². The summed E-state index contributed by atoms with van der Waals surface area (Å²) in [4.78, 5) is 25.9. The Morgan fingerprint density at radius 2 is 1.94 bits per heavy atom. The molecule has 0 saturated heterocycles. The number of ether oxygens (including phenoxy) is 2. The van der Waals surface area contributed by atoms with Crippen LogP contribution in [0.4, 0.5) is 0 Å². The van der Waals surface area contributed by atoms with Crippen LogP contribution in [0, 0.1) is 0 Å². The van der Waals surface area contributed by atoms with Crippen LogP contribution in [-0.2, 0) is 4.43 Å². The Morgan fingerprint density at radius 1 is 1.15 bits per heavy atom. The molecule has 174 valence electrons. The van der Waals surface area contributed by atoms with Crippen molar-refractivity contribution in [3.8, 4) is 17.2 Å². The molecule has 2 aromatic carbocycles. The molecule has 0 bridgehead atoms. The van der Waals surface area contributed by atoms with Gasteiger partial charge in [-0.3, -0.25) is 9.59 Å². The van der Waals surface area contributed by atoms with Gasteiger partial charge in [-0.15, -0.1) is 0 Å². The summed E-state index contributed by atoms with van der Waals surface area (Å²) in [5, 5.41) is 48.0. The van der Waals surface area contributed by atoms with E-state index >= 15 is 0 Å². The zero-order chi connectivity index (χ0) is 23.4. The van der Waals surface area contributed by atoms with Crippen molar-refractivity contribution in [3.05, 3.63) is 52.6 Å². The normalized spacial score (nSPS) is 29.6. The van der Waals surface area contributed by atoms with E-state index in [2.05, 4.69) is 33.2 Å². The summed E-state index contributed by atoms with van der Waals surface area (Å²) in [6, 6.07) is 6.35. The molecule has 2 heterocycles. The lowest BCUT2D eigenvalue weighted by Crippen LogP contribution is -2.69. The van der Waals surface area contributed by atoms with Gasteiger partial charge in [-0.1, -0.05) is 34.7 Å². The first-order chi connectivity index (χ1) is 15.8. The van der Waals surface area contributed by atoms with Gasteiger partial charge < -0.3 is 40.5 Å². The van der Waals surface area contributed by atoms with Crippen LogP contribution in [0.25, 0.3) is 0 Å². The Labute approximate surface area is 201 Å². The molecule has 2 aliphatic heterocycles. The molecule has 3 aliphatic rings. The highest BCUT2D eigenvalue weighted by Crippen LogP contribution is 2.50. The molecule has 5 rings (SSSR count). The van der Waals surface area contributed by atoms with E-state index in [9.17, 15) is 30.0 Å². The molecule has 10 nitrogen and oxygen atoms in total. The average Bonchev–Trinajstić information content (AvgIpc) is 3.29. The number of halogens is 1. The van der Waals surface area contributed by atoms with E-state index in [1.807, 2.05) is 6.07 Å². The molecule has 1 aliphatic carbocycles. The summed E-state index contributed by atoms with van der Waals surface area (Å²) in [6.07, 6.45) is -4.68. The number of rotatable bonds is 3. The third-order valence-corrected chi connectivity index (χ3v) is 7.28. The summed E-state index contributed by atoms with van der Waals surface area (Å²) in [7, 11) is 0. The predicted octanol–water partition coefficient (Wildman–Crippen LogP) is 0.146. The van der Waals surface area contributed by atoms with E-state index in [1.54, 1.807) is 18.2 Å². The summed E-state index contributed by atoms with van der Waals surface area (Å²) < 4.78 is 11.3. The highest BCUT2D eigenvalue weighted by atomic mass is 127. The Kier molecular flexibility index (Phi) is 5.59. The van der Waals surface area contributed by atoms with E-state index in [4.69, 9.17) is 9.47 Å². The molecule has 2 aromatic rings. The number of alkyl halides is 1. The first kappa shape index (κ1) is 22.2. The van der Waals surface area contributed by atoms with Crippen molar-refractivity contribution >= 4 is 34.4 Å². The first-order valence-electron chi connectivity index (χ1n) is 10.3. The summed E-state index contributed by atoms with van der Waals surface area (Å²) in [5.74, 6) is -2.24. The van der Waals surface area contributed by atoms with Gasteiger partial charge in [0, 0.05) is 15.9 Å². The third kappa shape index (κ3) is 3.50. The number of carbonyl (C=O) groups is 2. The van der Waals surface area contributed by atoms with Crippen molar-refractivity contribution in [3.63, 3.8) is 0 Å². The molecule has 0 spiro atoms. The van der Waals surface area contributed by atoms with Gasteiger partial charge in [-0.25, -0.2) is 0 Å². The second kappa shape index (κ2) is 8.31. The van der Waals surface area contributed by atoms with E-state index in [0.29, 0.717) is 9.99 Å². The van der Waals surface area contributed by atoms with Crippen molar-refractivity contribution in [1.82, 2.24) is 10.6 Å². The van der Waals surface area contributed by atoms with Gasteiger partial charge in [-0.2, -0.15) is 0 Å². The second-order valence-electron chi connectivity index (χ2n) is 8.25. The van der Waals surface area contributed by atoms with Gasteiger partial charge in [0.1, 0.15) is 18.3 Å². The topological polar surface area (TPSA) is 158 Å². The van der Waals surface area contributed by atoms with E-state index in [-0.39, 0.29) is 29.4 Å². The predicted molar refractivity (Wildman–Crippen MR) is 122 cm³/mol. The van der Waals surface area contributed by atoms with Crippen LogP contribution in [0.3, 0.4) is 0 Å². The fourth-order valence-corrected chi connectivity index (χ4v) is 5.29. The number of amides is 2. The third-order valence-electron chi connectivity index (χ3n) is 6.40. The number of aromatic hydroxyl groups is 1. The number of phenolic OH excluding ortho intramolecular Hbond substituents is 1. The maximum atomic E-state index is 13.1. The molecule has 11 heteroatoms. The molecular formula is C22H21IN2O8. The van der Waals surface area contributed by atoms with Gasteiger partial charge in [0.25, 0.3) is 11.8 Å². The van der Waals surface area contributed by atoms with Gasteiger partial charge in [0.05, 0.1) is 17.6 Å². The van der Waals surface area contributed by atoms with Gasteiger partial charge >= 0.3 is 0 Å². The number of fused-ring (bicyclic) bond motifs is 4. The maximum Gasteiger partial charge on any atom is 0.255 e. The quantitative estimate of drug-likeness (QED) is 0.226. The Hall–Kier alpha value is -2.61. The fourth-order valence-electron chi connectivity index (χ4n) is 4.81. The number of aliphatic hydroxyl groups is 3. The van der Waals surface area contributed by atoms with Gasteiger partial charge in [-0.05, 0) is 29.3 Å². The van der Waals surface area contributed by atoms with E-state index in [0.717, 1.165) is 5.56 Å².